The molecule has 0 aromatic carbocycles. The van der Waals surface area contributed by atoms with E-state index in [0.29, 0.717) is 19.3 Å². The van der Waals surface area contributed by atoms with E-state index in [9.17, 15) is 13.2 Å². The van der Waals surface area contributed by atoms with Crippen LogP contribution < -0.4 is 4.72 Å². The topological polar surface area (TPSA) is 84.9 Å². The van der Waals surface area contributed by atoms with Crippen LogP contribution in [0.2, 0.25) is 0 Å². The fraction of sp³-hybridized carbons (Fsp3) is 0.947. The molecule has 0 radical (unpaired) electrons. The van der Waals surface area contributed by atoms with Gasteiger partial charge in [-0.2, -0.15) is 0 Å². The molecule has 1 aliphatic heterocycles. The summed E-state index contributed by atoms with van der Waals surface area (Å²) in [5, 5.41) is 0. The molecule has 1 N–H and O–H groups in total. The third-order valence-electron chi connectivity index (χ3n) is 5.94. The van der Waals surface area contributed by atoms with Crippen LogP contribution >= 0.6 is 0 Å². The lowest BCUT2D eigenvalue weighted by atomic mass is 9.94. The Morgan fingerprint density at radius 2 is 1.59 bits per heavy atom. The zero-order valence-electron chi connectivity index (χ0n) is 16.6. The van der Waals surface area contributed by atoms with Crippen LogP contribution in [0.1, 0.15) is 58.3 Å². The van der Waals surface area contributed by atoms with E-state index in [2.05, 4.69) is 4.72 Å². The third-order valence-corrected chi connectivity index (χ3v) is 6.67. The Hall–Kier alpha value is -0.700. The van der Waals surface area contributed by atoms with Crippen molar-refractivity contribution in [2.24, 2.45) is 5.92 Å². The molecule has 0 aromatic heterocycles. The zero-order valence-corrected chi connectivity index (χ0v) is 17.4. The van der Waals surface area contributed by atoms with Gasteiger partial charge in [0.1, 0.15) is 0 Å². The molecule has 3 fully saturated rings. The van der Waals surface area contributed by atoms with Crippen LogP contribution in [-0.2, 0) is 24.3 Å². The van der Waals surface area contributed by atoms with Gasteiger partial charge >= 0.3 is 0 Å². The summed E-state index contributed by atoms with van der Waals surface area (Å²) in [5.74, 6) is 0.767. The average Bonchev–Trinajstić information content (AvgIpc) is 3.42. The third kappa shape index (κ3) is 6.69. The fourth-order valence-corrected chi connectivity index (χ4v) is 5.05. The first-order chi connectivity index (χ1) is 12.8. The van der Waals surface area contributed by atoms with E-state index in [-0.39, 0.29) is 24.1 Å². The van der Waals surface area contributed by atoms with Crippen molar-refractivity contribution in [2.75, 3.05) is 26.0 Å². The van der Waals surface area contributed by atoms with Crippen molar-refractivity contribution in [3.8, 4) is 0 Å². The van der Waals surface area contributed by atoms with Crippen LogP contribution in [0.3, 0.4) is 0 Å². The van der Waals surface area contributed by atoms with Gasteiger partial charge in [0.15, 0.2) is 0 Å². The van der Waals surface area contributed by atoms with Crippen molar-refractivity contribution in [2.45, 2.75) is 82.6 Å². The number of rotatable bonds is 8. The first kappa shape index (κ1) is 21.0. The molecule has 3 aliphatic rings. The van der Waals surface area contributed by atoms with Gasteiger partial charge in [0.25, 0.3) is 0 Å². The molecule has 3 rings (SSSR count). The van der Waals surface area contributed by atoms with Gasteiger partial charge in [0.05, 0.1) is 31.1 Å². The van der Waals surface area contributed by atoms with Gasteiger partial charge in [-0.25, -0.2) is 13.1 Å². The Balaban J connectivity index is 1.49. The maximum absolute atomic E-state index is 12.0. The summed E-state index contributed by atoms with van der Waals surface area (Å²) in [5.41, 5.74) is 0. The second kappa shape index (κ2) is 9.20. The summed E-state index contributed by atoms with van der Waals surface area (Å²) in [6, 6.07) is -0.523. The lowest BCUT2D eigenvalue weighted by molar-refractivity contribution is -0.136. The lowest BCUT2D eigenvalue weighted by Crippen LogP contribution is -2.58. The van der Waals surface area contributed by atoms with Crippen LogP contribution in [0.5, 0.6) is 0 Å². The number of piperidine rings is 1. The Morgan fingerprint density at radius 3 is 2.11 bits per heavy atom. The smallest absolute Gasteiger partial charge is 0.219 e. The van der Waals surface area contributed by atoms with Crippen LogP contribution in [-0.4, -0.2) is 69.5 Å². The summed E-state index contributed by atoms with van der Waals surface area (Å²) < 4.78 is 38.3. The summed E-state index contributed by atoms with van der Waals surface area (Å²) in [6.07, 6.45) is 9.81. The predicted molar refractivity (Wildman–Crippen MR) is 103 cm³/mol. The van der Waals surface area contributed by atoms with Crippen LogP contribution in [0.15, 0.2) is 0 Å². The van der Waals surface area contributed by atoms with Gasteiger partial charge in [-0.1, -0.05) is 0 Å². The molecule has 2 saturated carbocycles. The minimum absolute atomic E-state index is 0.0271. The summed E-state index contributed by atoms with van der Waals surface area (Å²) in [6.45, 7) is 3.49. The highest BCUT2D eigenvalue weighted by molar-refractivity contribution is 7.88. The summed E-state index contributed by atoms with van der Waals surface area (Å²) in [4.78, 5) is 13.8. The van der Waals surface area contributed by atoms with E-state index in [4.69, 9.17) is 9.47 Å². The highest BCUT2D eigenvalue weighted by Gasteiger charge is 2.35. The standard InChI is InChI=1S/C19H34N2O5S/c1-14(22)21-11-3-4-18(20-27(2,23)24)19(21)13-26-17-9-7-16(8-10-17)25-12-15-5-6-15/h15-20H,3-13H2,1-2H3/t16?,17?,18-,19-/m0/s1. The van der Waals surface area contributed by atoms with Gasteiger partial charge in [0, 0.05) is 26.1 Å². The van der Waals surface area contributed by atoms with E-state index >= 15 is 0 Å². The van der Waals surface area contributed by atoms with Crippen molar-refractivity contribution in [1.82, 2.24) is 9.62 Å². The number of ether oxygens (including phenoxy) is 2. The van der Waals surface area contributed by atoms with E-state index in [0.717, 1.165) is 51.0 Å². The Labute approximate surface area is 163 Å². The highest BCUT2D eigenvalue weighted by atomic mass is 32.2. The SMILES string of the molecule is CC(=O)N1CCC[C@H](NS(C)(=O)=O)[C@@H]1COC1CCC(OCC2CC2)CC1. The number of nitrogens with one attached hydrogen (secondary N) is 1. The predicted octanol–water partition coefficient (Wildman–Crippen LogP) is 1.67. The first-order valence-corrected chi connectivity index (χ1v) is 12.2. The molecular formula is C19H34N2O5S. The van der Waals surface area contributed by atoms with E-state index < -0.39 is 10.0 Å². The molecule has 0 bridgehead atoms. The molecular weight excluding hydrogens is 368 g/mol. The maximum Gasteiger partial charge on any atom is 0.219 e. The largest absolute Gasteiger partial charge is 0.378 e. The number of nitrogens with zero attached hydrogens (tertiary/aromatic N) is 1. The monoisotopic (exact) mass is 402 g/mol. The van der Waals surface area contributed by atoms with Gasteiger partial charge in [-0.3, -0.25) is 4.79 Å². The van der Waals surface area contributed by atoms with Crippen LogP contribution in [0.25, 0.3) is 0 Å². The van der Waals surface area contributed by atoms with Crippen molar-refractivity contribution in [1.29, 1.82) is 0 Å². The molecule has 8 heteroatoms. The minimum atomic E-state index is -3.32. The van der Waals surface area contributed by atoms with Crippen molar-refractivity contribution >= 4 is 15.9 Å². The van der Waals surface area contributed by atoms with Gasteiger partial charge in [0.2, 0.25) is 15.9 Å². The molecule has 0 aromatic rings. The molecule has 0 unspecified atom stereocenters. The molecule has 27 heavy (non-hydrogen) atoms. The second-order valence-electron chi connectivity index (χ2n) is 8.43. The molecule has 1 heterocycles. The number of sulfonamides is 1. The van der Waals surface area contributed by atoms with Gasteiger partial charge < -0.3 is 14.4 Å². The van der Waals surface area contributed by atoms with Gasteiger partial charge in [-0.05, 0) is 57.3 Å². The normalized spacial score (nSPS) is 32.4. The highest BCUT2D eigenvalue weighted by Crippen LogP contribution is 2.31. The number of hydrogen-bond donors (Lipinski definition) is 1. The van der Waals surface area contributed by atoms with Crippen molar-refractivity contribution in [3.63, 3.8) is 0 Å². The molecule has 1 saturated heterocycles. The lowest BCUT2D eigenvalue weighted by Gasteiger charge is -2.41. The molecule has 156 valence electrons. The van der Waals surface area contributed by atoms with E-state index in [1.807, 2.05) is 0 Å². The Bertz CT molecular complexity index is 599. The van der Waals surface area contributed by atoms with Crippen molar-refractivity contribution in [3.05, 3.63) is 0 Å². The molecule has 1 amide bonds. The molecule has 2 aliphatic carbocycles. The number of hydrogen-bond acceptors (Lipinski definition) is 5. The average molecular weight is 403 g/mol. The van der Waals surface area contributed by atoms with Crippen LogP contribution in [0.4, 0.5) is 0 Å². The van der Waals surface area contributed by atoms with E-state index in [1.54, 1.807) is 4.90 Å². The summed E-state index contributed by atoms with van der Waals surface area (Å²) >= 11 is 0. The number of amides is 1. The van der Waals surface area contributed by atoms with Crippen LogP contribution in [0, 0.1) is 5.92 Å². The molecule has 0 spiro atoms. The van der Waals surface area contributed by atoms with E-state index in [1.165, 1.54) is 26.0 Å². The second-order valence-corrected chi connectivity index (χ2v) is 10.2. The van der Waals surface area contributed by atoms with Gasteiger partial charge in [-0.15, -0.1) is 0 Å². The fourth-order valence-electron chi connectivity index (χ4n) is 4.22. The number of carbonyl (C=O) groups is 1. The minimum Gasteiger partial charge on any atom is -0.378 e. The summed E-state index contributed by atoms with van der Waals surface area (Å²) in [7, 11) is -3.32. The van der Waals surface area contributed by atoms with Crippen molar-refractivity contribution < 1.29 is 22.7 Å². The Morgan fingerprint density at radius 1 is 1.00 bits per heavy atom. The Kier molecular flexibility index (Phi) is 7.16. The maximum atomic E-state index is 12.0. The number of carbonyl (C=O) groups excluding carboxylic acids is 1. The number of likely N-dealkylation sites (tertiary alicyclic amines) is 1. The molecule has 2 atom stereocenters. The molecule has 7 nitrogen and oxygen atoms in total. The quantitative estimate of drug-likeness (QED) is 0.668. The first-order valence-electron chi connectivity index (χ1n) is 10.3. The zero-order chi connectivity index (χ0) is 19.4.